The van der Waals surface area contributed by atoms with Crippen molar-refractivity contribution in [3.63, 3.8) is 0 Å². The SMILES string of the molecule is CCCCNC(=O)Nc1cccc([C@@H]2NC(=S)N(C)C(C)=C2C(=O)OCCOC)c1. The third-order valence-electron chi connectivity index (χ3n) is 4.79. The van der Waals surface area contributed by atoms with Gasteiger partial charge < -0.3 is 30.3 Å². The number of anilines is 1. The zero-order valence-electron chi connectivity index (χ0n) is 17.9. The van der Waals surface area contributed by atoms with Gasteiger partial charge in [-0.2, -0.15) is 0 Å². The van der Waals surface area contributed by atoms with E-state index < -0.39 is 12.0 Å². The number of esters is 1. The fraction of sp³-hybridized carbons (Fsp3) is 0.476. The lowest BCUT2D eigenvalue weighted by molar-refractivity contribution is -0.140. The highest BCUT2D eigenvalue weighted by Crippen LogP contribution is 2.31. The summed E-state index contributed by atoms with van der Waals surface area (Å²) in [6.45, 7) is 4.99. The molecule has 1 aromatic rings. The van der Waals surface area contributed by atoms with Gasteiger partial charge in [-0.25, -0.2) is 9.59 Å². The molecule has 0 bridgehead atoms. The van der Waals surface area contributed by atoms with Crippen molar-refractivity contribution in [3.8, 4) is 0 Å². The van der Waals surface area contributed by atoms with E-state index in [2.05, 4.69) is 22.9 Å². The van der Waals surface area contributed by atoms with Gasteiger partial charge in [-0.05, 0) is 43.3 Å². The van der Waals surface area contributed by atoms with Crippen molar-refractivity contribution < 1.29 is 19.1 Å². The molecule has 1 aliphatic heterocycles. The first-order valence-corrected chi connectivity index (χ1v) is 10.4. The predicted molar refractivity (Wildman–Crippen MR) is 120 cm³/mol. The smallest absolute Gasteiger partial charge is 0.338 e. The number of ether oxygens (including phenoxy) is 2. The number of carbonyl (C=O) groups excluding carboxylic acids is 2. The number of urea groups is 1. The van der Waals surface area contributed by atoms with Crippen LogP contribution in [0.4, 0.5) is 10.5 Å². The molecule has 0 aromatic heterocycles. The van der Waals surface area contributed by atoms with Crippen LogP contribution in [-0.4, -0.2) is 55.9 Å². The van der Waals surface area contributed by atoms with Gasteiger partial charge in [0.25, 0.3) is 0 Å². The summed E-state index contributed by atoms with van der Waals surface area (Å²) in [6.07, 6.45) is 1.93. The number of methoxy groups -OCH3 is 1. The van der Waals surface area contributed by atoms with Crippen LogP contribution < -0.4 is 16.0 Å². The Balaban J connectivity index is 2.25. The van der Waals surface area contributed by atoms with Crippen LogP contribution in [0.15, 0.2) is 35.5 Å². The van der Waals surface area contributed by atoms with Crippen molar-refractivity contribution in [2.75, 3.05) is 39.2 Å². The van der Waals surface area contributed by atoms with Gasteiger partial charge in [0.1, 0.15) is 6.61 Å². The van der Waals surface area contributed by atoms with Gasteiger partial charge in [0.15, 0.2) is 5.11 Å². The minimum Gasteiger partial charge on any atom is -0.460 e. The van der Waals surface area contributed by atoms with Crippen molar-refractivity contribution in [2.24, 2.45) is 0 Å². The van der Waals surface area contributed by atoms with Crippen molar-refractivity contribution >= 4 is 35.0 Å². The molecule has 0 fully saturated rings. The summed E-state index contributed by atoms with van der Waals surface area (Å²) >= 11 is 5.42. The van der Waals surface area contributed by atoms with Gasteiger partial charge in [0.05, 0.1) is 18.2 Å². The molecule has 164 valence electrons. The van der Waals surface area contributed by atoms with E-state index in [9.17, 15) is 9.59 Å². The van der Waals surface area contributed by atoms with Crippen molar-refractivity contribution in [2.45, 2.75) is 32.7 Å². The van der Waals surface area contributed by atoms with Crippen LogP contribution in [0.3, 0.4) is 0 Å². The summed E-state index contributed by atoms with van der Waals surface area (Å²) in [4.78, 5) is 26.6. The number of hydrogen-bond acceptors (Lipinski definition) is 5. The molecule has 0 aliphatic carbocycles. The van der Waals surface area contributed by atoms with Gasteiger partial charge in [0.2, 0.25) is 0 Å². The minimum absolute atomic E-state index is 0.159. The van der Waals surface area contributed by atoms with Crippen LogP contribution in [0.25, 0.3) is 0 Å². The highest BCUT2D eigenvalue weighted by molar-refractivity contribution is 7.80. The molecule has 9 heteroatoms. The quantitative estimate of drug-likeness (QED) is 0.313. The first kappa shape index (κ1) is 23.6. The molecule has 1 aromatic carbocycles. The van der Waals surface area contributed by atoms with Crippen molar-refractivity contribution in [3.05, 3.63) is 41.1 Å². The number of benzene rings is 1. The molecule has 3 N–H and O–H groups in total. The lowest BCUT2D eigenvalue weighted by Gasteiger charge is -2.35. The number of thiocarbonyl (C=S) groups is 1. The molecule has 2 rings (SSSR count). The molecule has 30 heavy (non-hydrogen) atoms. The summed E-state index contributed by atoms with van der Waals surface area (Å²) in [5.41, 5.74) is 2.58. The number of nitrogens with one attached hydrogen (secondary N) is 3. The number of carbonyl (C=O) groups is 2. The van der Waals surface area contributed by atoms with Gasteiger partial charge in [0, 0.05) is 32.1 Å². The average molecular weight is 435 g/mol. The van der Waals surface area contributed by atoms with Crippen molar-refractivity contribution in [1.29, 1.82) is 0 Å². The number of unbranched alkanes of at least 4 members (excludes halogenated alkanes) is 1. The summed E-state index contributed by atoms with van der Waals surface area (Å²) in [5.74, 6) is -0.438. The van der Waals surface area contributed by atoms with E-state index in [4.69, 9.17) is 21.7 Å². The standard InChI is InChI=1S/C21H30N4O4S/c1-5-6-10-22-20(27)23-16-9-7-8-15(13-16)18-17(19(26)29-12-11-28-4)14(2)25(3)21(30)24-18/h7-9,13,18H,5-6,10-12H2,1-4H3,(H,24,30)(H2,22,23,27)/t18-/m0/s1. The summed E-state index contributed by atoms with van der Waals surface area (Å²) in [5, 5.41) is 9.34. The van der Waals surface area contributed by atoms with Crippen LogP contribution in [0, 0.1) is 0 Å². The topological polar surface area (TPSA) is 91.9 Å². The van der Waals surface area contributed by atoms with Gasteiger partial charge in [-0.15, -0.1) is 0 Å². The van der Waals surface area contributed by atoms with Crippen molar-refractivity contribution in [1.82, 2.24) is 15.5 Å². The number of hydrogen-bond donors (Lipinski definition) is 3. The van der Waals surface area contributed by atoms with E-state index in [-0.39, 0.29) is 12.6 Å². The normalized spacial score (nSPS) is 16.2. The fourth-order valence-electron chi connectivity index (χ4n) is 3.00. The van der Waals surface area contributed by atoms with Crippen LogP contribution in [0.5, 0.6) is 0 Å². The summed E-state index contributed by atoms with van der Waals surface area (Å²) in [6, 6.07) is 6.56. The molecule has 0 unspecified atom stereocenters. The largest absolute Gasteiger partial charge is 0.460 e. The molecular weight excluding hydrogens is 404 g/mol. The Morgan fingerprint density at radius 2 is 2.07 bits per heavy atom. The first-order valence-electron chi connectivity index (χ1n) is 9.94. The van der Waals surface area contributed by atoms with Crippen LogP contribution in [-0.2, 0) is 14.3 Å². The third-order valence-corrected chi connectivity index (χ3v) is 5.18. The van der Waals surface area contributed by atoms with Crippen LogP contribution in [0.1, 0.15) is 38.3 Å². The average Bonchev–Trinajstić information content (AvgIpc) is 2.72. The zero-order chi connectivity index (χ0) is 22.1. The third kappa shape index (κ3) is 6.17. The Morgan fingerprint density at radius 3 is 2.77 bits per heavy atom. The predicted octanol–water partition coefficient (Wildman–Crippen LogP) is 2.93. The lowest BCUT2D eigenvalue weighted by Crippen LogP contribution is -2.46. The molecule has 1 atom stereocenters. The highest BCUT2D eigenvalue weighted by atomic mass is 32.1. The Morgan fingerprint density at radius 1 is 1.30 bits per heavy atom. The molecule has 1 heterocycles. The van der Waals surface area contributed by atoms with Crippen LogP contribution in [0.2, 0.25) is 0 Å². The maximum atomic E-state index is 12.8. The fourth-order valence-corrected chi connectivity index (χ4v) is 3.25. The summed E-state index contributed by atoms with van der Waals surface area (Å²) < 4.78 is 10.3. The number of allylic oxidation sites excluding steroid dienone is 1. The van der Waals surface area contributed by atoms with E-state index in [1.165, 1.54) is 0 Å². The maximum Gasteiger partial charge on any atom is 0.338 e. The van der Waals surface area contributed by atoms with Crippen LogP contribution >= 0.6 is 12.2 Å². The Hall–Kier alpha value is -2.65. The van der Waals surface area contributed by atoms with E-state index in [0.717, 1.165) is 18.4 Å². The number of rotatable bonds is 9. The molecule has 2 amide bonds. The Labute approximate surface area is 183 Å². The second kappa shape index (κ2) is 11.5. The zero-order valence-corrected chi connectivity index (χ0v) is 18.7. The van der Waals surface area contributed by atoms with Gasteiger partial charge in [-0.3, -0.25) is 0 Å². The van der Waals surface area contributed by atoms with Gasteiger partial charge in [-0.1, -0.05) is 25.5 Å². The van der Waals surface area contributed by atoms with E-state index in [1.54, 1.807) is 25.1 Å². The molecule has 1 aliphatic rings. The molecule has 8 nitrogen and oxygen atoms in total. The second-order valence-corrected chi connectivity index (χ2v) is 7.32. The number of nitrogens with zero attached hydrogens (tertiary/aromatic N) is 1. The molecule has 0 spiro atoms. The maximum absolute atomic E-state index is 12.8. The monoisotopic (exact) mass is 434 g/mol. The highest BCUT2D eigenvalue weighted by Gasteiger charge is 2.33. The molecule has 0 saturated carbocycles. The Bertz CT molecular complexity index is 812. The van der Waals surface area contributed by atoms with E-state index in [1.807, 2.05) is 25.1 Å². The first-order chi connectivity index (χ1) is 14.4. The van der Waals surface area contributed by atoms with E-state index >= 15 is 0 Å². The van der Waals surface area contributed by atoms with E-state index in [0.29, 0.717) is 35.2 Å². The molecular formula is C21H30N4O4S. The molecule has 0 saturated heterocycles. The summed E-state index contributed by atoms with van der Waals surface area (Å²) in [7, 11) is 3.34. The minimum atomic E-state index is -0.492. The number of amides is 2. The lowest BCUT2D eigenvalue weighted by atomic mass is 9.95. The van der Waals surface area contributed by atoms with Gasteiger partial charge >= 0.3 is 12.0 Å². The second-order valence-electron chi connectivity index (χ2n) is 6.93. The molecule has 0 radical (unpaired) electrons. The Kier molecular flexibility index (Phi) is 9.07.